The van der Waals surface area contributed by atoms with E-state index in [2.05, 4.69) is 372 Å². The van der Waals surface area contributed by atoms with Crippen molar-refractivity contribution in [2.24, 2.45) is 0 Å². The van der Waals surface area contributed by atoms with Crippen molar-refractivity contribution in [2.75, 3.05) is 0 Å². The fourth-order valence-electron chi connectivity index (χ4n) is 17.4. The molecule has 0 bridgehead atoms. The summed E-state index contributed by atoms with van der Waals surface area (Å²) in [4.78, 5) is 0. The molecule has 5 heteroatoms. The molecule has 0 unspecified atom stereocenters. The van der Waals surface area contributed by atoms with Crippen molar-refractivity contribution in [3.63, 3.8) is 0 Å². The predicted molar refractivity (Wildman–Crippen MR) is 447 cm³/mol. The molecule has 0 radical (unpaired) electrons. The molecule has 3 aromatic heterocycles. The maximum atomic E-state index is 7.12. The van der Waals surface area contributed by atoms with Crippen molar-refractivity contribution in [1.82, 2.24) is 15.4 Å². The molecule has 502 valence electrons. The first-order valence-electron chi connectivity index (χ1n) is 36.7. The number of nitrogens with zero attached hydrogens (tertiary/aromatic N) is 3. The molecule has 107 heavy (non-hydrogen) atoms. The molecule has 1 aliphatic carbocycles. The Morgan fingerprint density at radius 3 is 1.29 bits per heavy atom. The van der Waals surface area contributed by atoms with Crippen LogP contribution >= 0.6 is 0 Å². The first-order chi connectivity index (χ1) is 53.0. The Kier molecular flexibility index (Phi) is 15.7. The van der Waals surface area contributed by atoms with Crippen LogP contribution in [0.15, 0.2) is 362 Å². The van der Waals surface area contributed by atoms with Crippen molar-refractivity contribution < 1.29 is 4.42 Å². The molecule has 16 aromatic carbocycles. The van der Waals surface area contributed by atoms with E-state index in [0.717, 1.165) is 172 Å². The Morgan fingerprint density at radius 2 is 0.682 bits per heavy atom. The monoisotopic (exact) mass is 1430 g/mol. The Bertz CT molecular complexity index is 6700. The van der Waals surface area contributed by atoms with E-state index in [9.17, 15) is 0 Å². The first-order valence-corrected chi connectivity index (χ1v) is 38.4. The molecule has 0 amide bonds. The number of benzene rings is 16. The summed E-state index contributed by atoms with van der Waals surface area (Å²) in [5.41, 5.74) is 36.8. The average Bonchev–Trinajstić information content (AvgIpc) is 1.60. The third-order valence-electron chi connectivity index (χ3n) is 22.1. The van der Waals surface area contributed by atoms with Crippen LogP contribution in [-0.4, -0.2) is 29.9 Å². The van der Waals surface area contributed by atoms with E-state index in [0.29, 0.717) is 6.42 Å². The Labute approximate surface area is 627 Å². The number of aromatic nitrogens is 3. The van der Waals surface area contributed by atoms with Gasteiger partial charge < -0.3 is 4.42 Å². The second-order valence-corrected chi connectivity index (χ2v) is 30.2. The van der Waals surface area contributed by atoms with Gasteiger partial charge in [-0.05, 0) is 68.3 Å². The summed E-state index contributed by atoms with van der Waals surface area (Å²) in [6.45, 7) is 4.75. The second-order valence-electron chi connectivity index (χ2n) is 27.9. The molecule has 0 saturated heterocycles. The molecule has 1 aliphatic rings. The summed E-state index contributed by atoms with van der Waals surface area (Å²) < 4.78 is 9.84. The average molecular weight is 1430 g/mol. The van der Waals surface area contributed by atoms with Crippen LogP contribution in [0.4, 0.5) is 0 Å². The summed E-state index contributed by atoms with van der Waals surface area (Å²) in [6, 6.07) is 131. The van der Waals surface area contributed by atoms with E-state index in [4.69, 9.17) is 19.8 Å². The molecule has 0 spiro atoms. The van der Waals surface area contributed by atoms with Gasteiger partial charge in [0.1, 0.15) is 11.2 Å². The number of hydrogen-bond donors (Lipinski definition) is 0. The van der Waals surface area contributed by atoms with Crippen molar-refractivity contribution in [1.29, 1.82) is 0 Å². The van der Waals surface area contributed by atoms with Crippen LogP contribution in [0.25, 0.3) is 197 Å². The summed E-state index contributed by atoms with van der Waals surface area (Å²) in [6.07, 6.45) is 0.594. The van der Waals surface area contributed by atoms with E-state index < -0.39 is 0 Å². The molecule has 0 saturated carbocycles. The Hall–Kier alpha value is -13.2. The van der Waals surface area contributed by atoms with E-state index in [-0.39, 0.29) is 14.5 Å². The zero-order valence-corrected chi connectivity index (χ0v) is 60.6. The van der Waals surface area contributed by atoms with Gasteiger partial charge in [0.05, 0.1) is 0 Å². The summed E-state index contributed by atoms with van der Waals surface area (Å²) in [7, 11) is 0. The van der Waals surface area contributed by atoms with Crippen LogP contribution in [-0.2, 0) is 6.42 Å². The van der Waals surface area contributed by atoms with Gasteiger partial charge in [-0.3, -0.25) is 0 Å². The molecule has 0 fully saturated rings. The summed E-state index contributed by atoms with van der Waals surface area (Å²) in [5, 5.41) is 20.8. The van der Waals surface area contributed by atoms with Gasteiger partial charge in [0, 0.05) is 10.8 Å². The summed E-state index contributed by atoms with van der Waals surface area (Å²) >= 11 is 0.0425. The van der Waals surface area contributed by atoms with Crippen LogP contribution in [0.3, 0.4) is 0 Å². The van der Waals surface area contributed by atoms with E-state index in [1.807, 2.05) is 0 Å². The van der Waals surface area contributed by atoms with E-state index in [1.54, 1.807) is 0 Å². The van der Waals surface area contributed by atoms with Gasteiger partial charge in [0.15, 0.2) is 0 Å². The number of furan rings is 1. The minimum absolute atomic E-state index is 0.0425. The molecule has 3 heterocycles. The van der Waals surface area contributed by atoms with Gasteiger partial charge in [-0.2, -0.15) is 0 Å². The SMILES string of the molecule is Cc1c(C)c(-c2c(-c3ccccc3-c3ccccc3)ccc3oc4ccccc4c23)c2c(c1-c1c(-c3ccccc3)nnnc1-c1c(-c3ccccc3)cccc1-c1c(-c3ccccc3-c3ccccc3)ccc3[se]c4ccccc4c13)Cc1ccc(-c3ccccc3)c(-c3ccccc3-c3ccccc3)c1-2. The fourth-order valence-corrected chi connectivity index (χ4v) is 19.7. The predicted octanol–water partition coefficient (Wildman–Crippen LogP) is 27.0. The van der Waals surface area contributed by atoms with Gasteiger partial charge in [-0.15, -0.1) is 0 Å². The van der Waals surface area contributed by atoms with Crippen molar-refractivity contribution in [3.8, 4) is 156 Å². The molecule has 19 aromatic rings. The van der Waals surface area contributed by atoms with E-state index in [1.165, 1.54) is 47.1 Å². The molecular weight excluding hydrogens is 1360 g/mol. The minimum atomic E-state index is 0.0425. The number of hydrogen-bond acceptors (Lipinski definition) is 4. The zero-order chi connectivity index (χ0) is 71.1. The number of fused-ring (bicyclic) bond motifs is 9. The fraction of sp³-hybridized carbons (Fsp3) is 0.0294. The van der Waals surface area contributed by atoms with E-state index >= 15 is 0 Å². The summed E-state index contributed by atoms with van der Waals surface area (Å²) in [5.74, 6) is 0. The standard InChI is InChI=1S/C102H67N3OSe/c1-63-64(2)91(98-81(58-60-87-96(98)82-50-27-29-54-86(82)106-87)78-48-25-22-45-73(78)66-34-11-4-12-35-66)99-85(62-71-56-57-76(69-40-17-7-18-41-69)93(92(71)99)79-49-26-23-46-74(79)67-36-13-5-14-37-67)90(63)100-101(70-42-19-8-20-43-70)103-105-104-102(100)95-75(68-38-15-6-16-39-68)52-31-53-84(95)94-80(59-61-89-97(94)83-51-28-30-55-88(83)107-89)77-47-24-21-44-72(77)65-32-9-3-10-33-65/h3-61H,62H2,1-2H3. The third-order valence-corrected chi connectivity index (χ3v) is 24.5. The second kappa shape index (κ2) is 26.5. The maximum absolute atomic E-state index is 7.12. The molecule has 0 N–H and O–H groups in total. The van der Waals surface area contributed by atoms with Gasteiger partial charge in [0.2, 0.25) is 0 Å². The third kappa shape index (κ3) is 10.6. The number of rotatable bonds is 13. The van der Waals surface area contributed by atoms with Gasteiger partial charge in [-0.1, -0.05) is 164 Å². The van der Waals surface area contributed by atoms with Gasteiger partial charge in [0.25, 0.3) is 0 Å². The molecule has 4 nitrogen and oxygen atoms in total. The topological polar surface area (TPSA) is 51.8 Å². The molecule has 0 aliphatic heterocycles. The van der Waals surface area contributed by atoms with Crippen LogP contribution in [0.1, 0.15) is 22.3 Å². The number of para-hydroxylation sites is 1. The molecule has 0 atom stereocenters. The first kappa shape index (κ1) is 63.5. The Balaban J connectivity index is 0.981. The normalized spacial score (nSPS) is 11.8. The van der Waals surface area contributed by atoms with Crippen LogP contribution in [0.5, 0.6) is 0 Å². The van der Waals surface area contributed by atoms with Crippen LogP contribution in [0, 0.1) is 13.8 Å². The van der Waals surface area contributed by atoms with Crippen molar-refractivity contribution >= 4 is 55.7 Å². The van der Waals surface area contributed by atoms with Gasteiger partial charge in [-0.25, -0.2) is 0 Å². The Morgan fingerprint density at radius 1 is 0.243 bits per heavy atom. The molecular formula is C102H67N3OSe. The quantitative estimate of drug-likeness (QED) is 0.108. The van der Waals surface area contributed by atoms with Crippen molar-refractivity contribution in [2.45, 2.75) is 20.3 Å². The zero-order valence-electron chi connectivity index (χ0n) is 58.9. The van der Waals surface area contributed by atoms with Crippen LogP contribution in [0.2, 0.25) is 0 Å². The van der Waals surface area contributed by atoms with Crippen molar-refractivity contribution in [3.05, 3.63) is 380 Å². The molecule has 20 rings (SSSR count). The van der Waals surface area contributed by atoms with Crippen LogP contribution < -0.4 is 0 Å². The van der Waals surface area contributed by atoms with Gasteiger partial charge >= 0.3 is 374 Å².